The number of aromatic nitrogens is 1. The van der Waals surface area contributed by atoms with Crippen molar-refractivity contribution in [3.05, 3.63) is 29.3 Å². The van der Waals surface area contributed by atoms with E-state index in [1.807, 2.05) is 0 Å². The number of alkyl halides is 3. The van der Waals surface area contributed by atoms with Gasteiger partial charge in [-0.2, -0.15) is 13.2 Å². The molecule has 0 radical (unpaired) electrons. The summed E-state index contributed by atoms with van der Waals surface area (Å²) in [6.07, 6.45) is -3.98. The number of rotatable bonds is 1. The van der Waals surface area contributed by atoms with Gasteiger partial charge in [-0.3, -0.25) is 9.59 Å². The van der Waals surface area contributed by atoms with Crippen LogP contribution < -0.4 is 0 Å². The first-order chi connectivity index (χ1) is 9.71. The molecule has 1 amide bonds. The van der Waals surface area contributed by atoms with Crippen molar-refractivity contribution in [3.8, 4) is 0 Å². The number of ketones is 1. The quantitative estimate of drug-likeness (QED) is 0.749. The molecule has 2 rings (SSSR count). The van der Waals surface area contributed by atoms with Gasteiger partial charge in [-0.25, -0.2) is 9.37 Å². The molecule has 0 saturated carbocycles. The first kappa shape index (κ1) is 15.4. The van der Waals surface area contributed by atoms with E-state index in [2.05, 4.69) is 4.98 Å². The molecular formula is C13H12F4N2O2. The number of amides is 1. The van der Waals surface area contributed by atoms with Crippen molar-refractivity contribution in [2.24, 2.45) is 0 Å². The van der Waals surface area contributed by atoms with E-state index in [1.165, 1.54) is 4.90 Å². The van der Waals surface area contributed by atoms with Crippen molar-refractivity contribution < 1.29 is 27.2 Å². The van der Waals surface area contributed by atoms with E-state index in [4.69, 9.17) is 0 Å². The van der Waals surface area contributed by atoms with Crippen LogP contribution in [0.5, 0.6) is 0 Å². The zero-order valence-corrected chi connectivity index (χ0v) is 11.1. The fourth-order valence-electron chi connectivity index (χ4n) is 2.27. The van der Waals surface area contributed by atoms with E-state index in [0.717, 1.165) is 12.3 Å². The Labute approximate surface area is 117 Å². The molecule has 1 aromatic heterocycles. The van der Waals surface area contributed by atoms with Gasteiger partial charge in [-0.15, -0.1) is 0 Å². The zero-order chi connectivity index (χ0) is 15.8. The molecule has 1 saturated heterocycles. The van der Waals surface area contributed by atoms with Crippen LogP contribution in [0.4, 0.5) is 17.6 Å². The van der Waals surface area contributed by atoms with Crippen LogP contribution in [0.1, 0.15) is 35.8 Å². The van der Waals surface area contributed by atoms with Gasteiger partial charge in [0.05, 0.1) is 5.56 Å². The Hall–Kier alpha value is -1.99. The summed E-state index contributed by atoms with van der Waals surface area (Å²) in [7, 11) is 0. The summed E-state index contributed by atoms with van der Waals surface area (Å²) in [6, 6.07) is 0.441. The third-order valence-electron chi connectivity index (χ3n) is 3.34. The van der Waals surface area contributed by atoms with E-state index >= 15 is 0 Å². The standard InChI is InChI=1S/C13H12F4N2O2/c1-7-6-8(20)3-5-19(7)12(21)9-2-4-18-11(10(9)14)13(15,16)17/h2,4,7H,3,5-6H2,1H3/t7-/m0/s1. The van der Waals surface area contributed by atoms with E-state index in [-0.39, 0.29) is 25.2 Å². The van der Waals surface area contributed by atoms with Crippen molar-refractivity contribution in [2.45, 2.75) is 32.0 Å². The topological polar surface area (TPSA) is 50.3 Å². The summed E-state index contributed by atoms with van der Waals surface area (Å²) in [5, 5.41) is 0. The molecule has 0 bridgehead atoms. The van der Waals surface area contributed by atoms with Gasteiger partial charge in [0.25, 0.3) is 5.91 Å². The van der Waals surface area contributed by atoms with Gasteiger partial charge in [-0.05, 0) is 13.0 Å². The van der Waals surface area contributed by atoms with E-state index in [9.17, 15) is 27.2 Å². The SMILES string of the molecule is C[C@H]1CC(=O)CCN1C(=O)c1ccnc(C(F)(F)F)c1F. The molecule has 2 heterocycles. The molecule has 0 N–H and O–H groups in total. The van der Waals surface area contributed by atoms with Gasteiger partial charge in [-0.1, -0.05) is 0 Å². The number of halogens is 4. The summed E-state index contributed by atoms with van der Waals surface area (Å²) in [5.41, 5.74) is -2.40. The molecule has 1 fully saturated rings. The third kappa shape index (κ3) is 3.03. The van der Waals surface area contributed by atoms with Crippen LogP contribution in [-0.2, 0) is 11.0 Å². The Bertz CT molecular complexity index is 586. The maximum absolute atomic E-state index is 13.9. The van der Waals surface area contributed by atoms with Crippen molar-refractivity contribution >= 4 is 11.7 Å². The number of hydrogen-bond acceptors (Lipinski definition) is 3. The predicted molar refractivity (Wildman–Crippen MR) is 63.9 cm³/mol. The van der Waals surface area contributed by atoms with Crippen LogP contribution in [0, 0.1) is 5.82 Å². The molecule has 0 unspecified atom stereocenters. The highest BCUT2D eigenvalue weighted by molar-refractivity contribution is 5.96. The van der Waals surface area contributed by atoms with Crippen LogP contribution >= 0.6 is 0 Å². The number of likely N-dealkylation sites (tertiary alicyclic amines) is 1. The summed E-state index contributed by atoms with van der Waals surface area (Å²) < 4.78 is 51.7. The van der Waals surface area contributed by atoms with Crippen LogP contribution in [0.15, 0.2) is 12.3 Å². The van der Waals surface area contributed by atoms with Crippen molar-refractivity contribution in [3.63, 3.8) is 0 Å². The average molecular weight is 304 g/mol. The Morgan fingerprint density at radius 3 is 2.67 bits per heavy atom. The molecule has 0 aromatic carbocycles. The molecule has 1 aliphatic heterocycles. The number of hydrogen-bond donors (Lipinski definition) is 0. The highest BCUT2D eigenvalue weighted by atomic mass is 19.4. The average Bonchev–Trinajstić information content (AvgIpc) is 2.37. The lowest BCUT2D eigenvalue weighted by Crippen LogP contribution is -2.45. The Kier molecular flexibility index (Phi) is 3.97. The highest BCUT2D eigenvalue weighted by Gasteiger charge is 2.39. The smallest absolute Gasteiger partial charge is 0.335 e. The first-order valence-electron chi connectivity index (χ1n) is 6.26. The molecule has 0 spiro atoms. The van der Waals surface area contributed by atoms with Gasteiger partial charge in [0.15, 0.2) is 11.5 Å². The number of pyridine rings is 1. The second-order valence-corrected chi connectivity index (χ2v) is 4.86. The minimum absolute atomic E-state index is 0.0299. The Balaban J connectivity index is 2.34. The van der Waals surface area contributed by atoms with Gasteiger partial charge >= 0.3 is 6.18 Å². The second-order valence-electron chi connectivity index (χ2n) is 4.86. The largest absolute Gasteiger partial charge is 0.436 e. The van der Waals surface area contributed by atoms with Gasteiger partial charge in [0, 0.05) is 31.6 Å². The van der Waals surface area contributed by atoms with Crippen molar-refractivity contribution in [2.75, 3.05) is 6.54 Å². The Morgan fingerprint density at radius 1 is 1.43 bits per heavy atom. The zero-order valence-electron chi connectivity index (χ0n) is 11.1. The summed E-state index contributed by atoms with van der Waals surface area (Å²) in [6.45, 7) is 1.67. The second kappa shape index (κ2) is 5.42. The third-order valence-corrected chi connectivity index (χ3v) is 3.34. The summed E-state index contributed by atoms with van der Waals surface area (Å²) >= 11 is 0. The van der Waals surface area contributed by atoms with E-state index in [0.29, 0.717) is 0 Å². The molecule has 4 nitrogen and oxygen atoms in total. The summed E-state index contributed by atoms with van der Waals surface area (Å²) in [4.78, 5) is 27.6. The minimum atomic E-state index is -4.97. The molecule has 1 atom stereocenters. The van der Waals surface area contributed by atoms with Gasteiger partial charge in [0.1, 0.15) is 5.78 Å². The molecule has 114 valence electrons. The number of carbonyl (C=O) groups excluding carboxylic acids is 2. The minimum Gasteiger partial charge on any atom is -0.335 e. The van der Waals surface area contributed by atoms with Crippen LogP contribution in [0.2, 0.25) is 0 Å². The van der Waals surface area contributed by atoms with E-state index in [1.54, 1.807) is 6.92 Å². The first-order valence-corrected chi connectivity index (χ1v) is 6.26. The molecule has 1 aliphatic rings. The van der Waals surface area contributed by atoms with Crippen molar-refractivity contribution in [1.29, 1.82) is 0 Å². The van der Waals surface area contributed by atoms with Gasteiger partial charge < -0.3 is 4.90 Å². The number of Topliss-reactive ketones (excluding diaryl/α,β-unsaturated/α-hetero) is 1. The van der Waals surface area contributed by atoms with E-state index < -0.39 is 35.2 Å². The summed E-state index contributed by atoms with van der Waals surface area (Å²) in [5.74, 6) is -2.57. The molecular weight excluding hydrogens is 292 g/mol. The highest BCUT2D eigenvalue weighted by Crippen LogP contribution is 2.31. The predicted octanol–water partition coefficient (Wildman–Crippen LogP) is 2.43. The maximum atomic E-state index is 13.9. The molecule has 8 heteroatoms. The lowest BCUT2D eigenvalue weighted by atomic mass is 10.0. The van der Waals surface area contributed by atoms with Crippen LogP contribution in [-0.4, -0.2) is 34.2 Å². The number of piperidine rings is 1. The fraction of sp³-hybridized carbons (Fsp3) is 0.462. The molecule has 0 aliphatic carbocycles. The molecule has 21 heavy (non-hydrogen) atoms. The van der Waals surface area contributed by atoms with Crippen LogP contribution in [0.3, 0.4) is 0 Å². The normalized spacial score (nSPS) is 19.8. The van der Waals surface area contributed by atoms with Crippen LogP contribution in [0.25, 0.3) is 0 Å². The Morgan fingerprint density at radius 2 is 2.10 bits per heavy atom. The van der Waals surface area contributed by atoms with Crippen molar-refractivity contribution in [1.82, 2.24) is 9.88 Å². The monoisotopic (exact) mass is 304 g/mol. The lowest BCUT2D eigenvalue weighted by Gasteiger charge is -2.32. The van der Waals surface area contributed by atoms with Gasteiger partial charge in [0.2, 0.25) is 0 Å². The maximum Gasteiger partial charge on any atom is 0.436 e. The molecule has 1 aromatic rings. The fourth-order valence-corrected chi connectivity index (χ4v) is 2.27. The number of nitrogens with zero attached hydrogens (tertiary/aromatic N) is 2. The lowest BCUT2D eigenvalue weighted by molar-refractivity contribution is -0.143. The number of carbonyl (C=O) groups is 2.